The number of hydrogen-bond donors (Lipinski definition) is 1. The van der Waals surface area contributed by atoms with Crippen molar-refractivity contribution < 1.29 is 14.3 Å². The van der Waals surface area contributed by atoms with Crippen LogP contribution in [-0.4, -0.2) is 25.1 Å². The molecule has 0 bridgehead atoms. The Balaban J connectivity index is 1.75. The predicted octanol–water partition coefficient (Wildman–Crippen LogP) is 4.39. The highest BCUT2D eigenvalue weighted by Gasteiger charge is 2.20. The maximum absolute atomic E-state index is 13.4. The summed E-state index contributed by atoms with van der Waals surface area (Å²) in [7, 11) is 3.16. The number of anilines is 1. The van der Waals surface area contributed by atoms with Crippen LogP contribution in [0.15, 0.2) is 83.7 Å². The highest BCUT2D eigenvalue weighted by Crippen LogP contribution is 2.24. The summed E-state index contributed by atoms with van der Waals surface area (Å²) < 4.78 is 10.4. The molecule has 0 saturated carbocycles. The fourth-order valence-corrected chi connectivity index (χ4v) is 3.41. The second-order valence-electron chi connectivity index (χ2n) is 7.03. The van der Waals surface area contributed by atoms with E-state index in [1.54, 1.807) is 67.7 Å². The van der Waals surface area contributed by atoms with Gasteiger partial charge in [0.05, 0.1) is 20.8 Å². The fourth-order valence-electron chi connectivity index (χ4n) is 3.41. The van der Waals surface area contributed by atoms with Gasteiger partial charge in [0, 0.05) is 22.3 Å². The van der Waals surface area contributed by atoms with Gasteiger partial charge in [-0.25, -0.2) is 0 Å². The Morgan fingerprint density at radius 3 is 2.13 bits per heavy atom. The van der Waals surface area contributed by atoms with Crippen molar-refractivity contribution in [3.63, 3.8) is 0 Å². The molecular weight excluding hydrogens is 392 g/mol. The average molecular weight is 414 g/mol. The van der Waals surface area contributed by atoms with E-state index in [0.29, 0.717) is 28.3 Å². The third kappa shape index (κ3) is 4.28. The number of H-pyrrole nitrogens is 1. The molecule has 6 heteroatoms. The Kier molecular flexibility index (Phi) is 5.71. The third-order valence-corrected chi connectivity index (χ3v) is 5.13. The van der Waals surface area contributed by atoms with Gasteiger partial charge >= 0.3 is 0 Å². The molecule has 0 spiro atoms. The van der Waals surface area contributed by atoms with E-state index >= 15 is 0 Å². The van der Waals surface area contributed by atoms with Crippen molar-refractivity contribution in [2.75, 3.05) is 19.1 Å². The number of pyridine rings is 1. The second kappa shape index (κ2) is 8.75. The number of carbonyl (C=O) groups is 1. The number of aromatic nitrogens is 1. The van der Waals surface area contributed by atoms with Crippen molar-refractivity contribution in [3.8, 4) is 11.5 Å². The zero-order valence-electron chi connectivity index (χ0n) is 17.3. The smallest absolute Gasteiger partial charge is 0.258 e. The number of amides is 1. The first-order valence-electron chi connectivity index (χ1n) is 9.80. The number of fused-ring (bicyclic) bond motifs is 1. The number of ether oxygens (including phenoxy) is 2. The van der Waals surface area contributed by atoms with Crippen LogP contribution in [-0.2, 0) is 6.54 Å². The van der Waals surface area contributed by atoms with E-state index in [2.05, 4.69) is 4.98 Å². The second-order valence-corrected chi connectivity index (χ2v) is 7.03. The van der Waals surface area contributed by atoms with Crippen molar-refractivity contribution in [2.24, 2.45) is 0 Å². The number of benzene rings is 3. The van der Waals surface area contributed by atoms with Crippen LogP contribution in [0.3, 0.4) is 0 Å². The minimum atomic E-state index is -0.222. The summed E-state index contributed by atoms with van der Waals surface area (Å²) in [6.45, 7) is 0.122. The van der Waals surface area contributed by atoms with E-state index in [-0.39, 0.29) is 18.0 Å². The maximum atomic E-state index is 13.4. The lowest BCUT2D eigenvalue weighted by Gasteiger charge is -2.23. The van der Waals surface area contributed by atoms with Crippen LogP contribution in [0.1, 0.15) is 15.9 Å². The zero-order valence-corrected chi connectivity index (χ0v) is 17.3. The molecule has 1 heterocycles. The van der Waals surface area contributed by atoms with Gasteiger partial charge in [-0.05, 0) is 66.0 Å². The van der Waals surface area contributed by atoms with Gasteiger partial charge in [-0.15, -0.1) is 0 Å². The number of aromatic amines is 1. The van der Waals surface area contributed by atoms with E-state index in [4.69, 9.17) is 9.47 Å². The van der Waals surface area contributed by atoms with E-state index in [9.17, 15) is 9.59 Å². The van der Waals surface area contributed by atoms with Gasteiger partial charge in [-0.1, -0.05) is 18.2 Å². The summed E-state index contributed by atoms with van der Waals surface area (Å²) in [4.78, 5) is 30.6. The first-order valence-corrected chi connectivity index (χ1v) is 9.80. The monoisotopic (exact) mass is 414 g/mol. The van der Waals surface area contributed by atoms with Gasteiger partial charge in [0.2, 0.25) is 0 Å². The SMILES string of the molecule is COc1ccc(C(=O)N(Cc2cc3ccccc3[nH]c2=O)c2ccc(OC)cc2)cc1. The molecule has 0 saturated heterocycles. The number of nitrogens with zero attached hydrogens (tertiary/aromatic N) is 1. The largest absolute Gasteiger partial charge is 0.497 e. The molecule has 1 aromatic heterocycles. The Hall–Kier alpha value is -4.06. The number of rotatable bonds is 6. The lowest BCUT2D eigenvalue weighted by molar-refractivity contribution is 0.0985. The molecule has 156 valence electrons. The normalized spacial score (nSPS) is 10.6. The molecule has 0 atom stereocenters. The quantitative estimate of drug-likeness (QED) is 0.508. The minimum Gasteiger partial charge on any atom is -0.497 e. The van der Waals surface area contributed by atoms with Crippen LogP contribution in [0, 0.1) is 0 Å². The van der Waals surface area contributed by atoms with Gasteiger partial charge in [-0.2, -0.15) is 0 Å². The molecule has 4 aromatic rings. The minimum absolute atomic E-state index is 0.122. The fraction of sp³-hybridized carbons (Fsp3) is 0.120. The van der Waals surface area contributed by atoms with E-state index < -0.39 is 0 Å². The van der Waals surface area contributed by atoms with Crippen LogP contribution >= 0.6 is 0 Å². The molecule has 1 N–H and O–H groups in total. The van der Waals surface area contributed by atoms with Crippen molar-refractivity contribution in [1.82, 2.24) is 4.98 Å². The van der Waals surface area contributed by atoms with Crippen LogP contribution in [0.25, 0.3) is 10.9 Å². The molecule has 0 aliphatic rings. The summed E-state index contributed by atoms with van der Waals surface area (Å²) in [5, 5.41) is 0.906. The first kappa shape index (κ1) is 20.2. The predicted molar refractivity (Wildman–Crippen MR) is 121 cm³/mol. The molecule has 3 aromatic carbocycles. The summed E-state index contributed by atoms with van der Waals surface area (Å²) in [6, 6.07) is 23.5. The van der Waals surface area contributed by atoms with Gasteiger partial charge in [0.15, 0.2) is 0 Å². The molecule has 1 amide bonds. The van der Waals surface area contributed by atoms with Crippen molar-refractivity contribution >= 4 is 22.5 Å². The van der Waals surface area contributed by atoms with Crippen LogP contribution < -0.4 is 19.9 Å². The highest BCUT2D eigenvalue weighted by molar-refractivity contribution is 6.06. The Labute approximate surface area is 179 Å². The van der Waals surface area contributed by atoms with Crippen molar-refractivity contribution in [2.45, 2.75) is 6.54 Å². The first-order chi connectivity index (χ1) is 15.1. The topological polar surface area (TPSA) is 71.6 Å². The number of hydrogen-bond acceptors (Lipinski definition) is 4. The molecule has 31 heavy (non-hydrogen) atoms. The summed E-state index contributed by atoms with van der Waals surface area (Å²) in [6.07, 6.45) is 0. The van der Waals surface area contributed by atoms with Crippen molar-refractivity contribution in [3.05, 3.63) is 100 Å². The third-order valence-electron chi connectivity index (χ3n) is 5.13. The molecule has 0 fully saturated rings. The number of carbonyl (C=O) groups excluding carboxylic acids is 1. The van der Waals surface area contributed by atoms with E-state index in [0.717, 1.165) is 10.9 Å². The number of para-hydroxylation sites is 1. The lowest BCUT2D eigenvalue weighted by atomic mass is 10.1. The van der Waals surface area contributed by atoms with Crippen molar-refractivity contribution in [1.29, 1.82) is 0 Å². The standard InChI is InChI=1S/C25H22N2O4/c1-30-21-11-7-17(8-12-21)25(29)27(20-9-13-22(31-2)14-10-20)16-19-15-18-5-3-4-6-23(18)26-24(19)28/h3-15H,16H2,1-2H3,(H,26,28). The zero-order chi connectivity index (χ0) is 21.8. The van der Waals surface area contributed by atoms with Crippen LogP contribution in [0.5, 0.6) is 11.5 Å². The molecular formula is C25H22N2O4. The van der Waals surface area contributed by atoms with Gasteiger partial charge in [0.1, 0.15) is 11.5 Å². The average Bonchev–Trinajstić information content (AvgIpc) is 2.82. The molecule has 0 unspecified atom stereocenters. The summed E-state index contributed by atoms with van der Waals surface area (Å²) >= 11 is 0. The van der Waals surface area contributed by atoms with Gasteiger partial charge in [-0.3, -0.25) is 9.59 Å². The van der Waals surface area contributed by atoms with Gasteiger partial charge < -0.3 is 19.4 Å². The summed E-state index contributed by atoms with van der Waals surface area (Å²) in [5.74, 6) is 1.13. The Morgan fingerprint density at radius 1 is 0.871 bits per heavy atom. The Bertz CT molecular complexity index is 1260. The highest BCUT2D eigenvalue weighted by atomic mass is 16.5. The maximum Gasteiger partial charge on any atom is 0.258 e. The molecule has 6 nitrogen and oxygen atoms in total. The van der Waals surface area contributed by atoms with Crippen LogP contribution in [0.4, 0.5) is 5.69 Å². The van der Waals surface area contributed by atoms with Gasteiger partial charge in [0.25, 0.3) is 11.5 Å². The molecule has 0 aliphatic carbocycles. The molecule has 0 aliphatic heterocycles. The number of nitrogens with one attached hydrogen (secondary N) is 1. The lowest BCUT2D eigenvalue weighted by Crippen LogP contribution is -2.32. The Morgan fingerprint density at radius 2 is 1.48 bits per heavy atom. The summed E-state index contributed by atoms with van der Waals surface area (Å²) in [5.41, 5.74) is 2.19. The van der Waals surface area contributed by atoms with E-state index in [1.807, 2.05) is 30.3 Å². The van der Waals surface area contributed by atoms with E-state index in [1.165, 1.54) is 0 Å². The molecule has 0 radical (unpaired) electrons. The number of methoxy groups -OCH3 is 2. The van der Waals surface area contributed by atoms with Crippen LogP contribution in [0.2, 0.25) is 0 Å². The molecule has 4 rings (SSSR count).